The highest BCUT2D eigenvalue weighted by molar-refractivity contribution is 5.91. The summed E-state index contributed by atoms with van der Waals surface area (Å²) in [7, 11) is 0. The van der Waals surface area contributed by atoms with Gasteiger partial charge in [-0.1, -0.05) is 6.92 Å². The second-order valence-corrected chi connectivity index (χ2v) is 4.27. The summed E-state index contributed by atoms with van der Waals surface area (Å²) >= 11 is 0. The minimum absolute atomic E-state index is 0. The van der Waals surface area contributed by atoms with Crippen LogP contribution in [-0.2, 0) is 4.79 Å². The number of rotatable bonds is 7. The molecule has 0 spiro atoms. The first kappa shape index (κ1) is 17.7. The predicted octanol–water partition coefficient (Wildman–Crippen LogP) is 2.88. The van der Waals surface area contributed by atoms with Crippen molar-refractivity contribution in [2.75, 3.05) is 18.5 Å². The summed E-state index contributed by atoms with van der Waals surface area (Å²) in [4.78, 5) is 11.6. The molecule has 0 aliphatic heterocycles. The maximum atomic E-state index is 11.6. The Bertz CT molecular complexity index is 397. The Kier molecular flexibility index (Phi) is 9.00. The fourth-order valence-electron chi connectivity index (χ4n) is 1.56. The molecule has 0 saturated carbocycles. The number of aryl methyl sites for hydroxylation is 1. The third-order valence-electron chi connectivity index (χ3n) is 2.55. The summed E-state index contributed by atoms with van der Waals surface area (Å²) in [5, 5.41) is 2.88. The van der Waals surface area contributed by atoms with Crippen LogP contribution in [0.3, 0.4) is 0 Å². The van der Waals surface area contributed by atoms with Crippen LogP contribution in [0.4, 0.5) is 5.69 Å². The van der Waals surface area contributed by atoms with Crippen LogP contribution in [0.5, 0.6) is 5.75 Å². The molecule has 108 valence electrons. The number of carbonyl (C=O) groups excluding carboxylic acids is 1. The molecule has 0 unspecified atom stereocenters. The molecule has 1 amide bonds. The van der Waals surface area contributed by atoms with E-state index in [1.54, 1.807) is 0 Å². The minimum atomic E-state index is 0. The maximum Gasteiger partial charge on any atom is 0.224 e. The number of benzene rings is 1. The third-order valence-corrected chi connectivity index (χ3v) is 2.55. The van der Waals surface area contributed by atoms with Crippen LogP contribution in [0.25, 0.3) is 0 Å². The van der Waals surface area contributed by atoms with Crippen LogP contribution in [-0.4, -0.2) is 19.1 Å². The van der Waals surface area contributed by atoms with Crippen molar-refractivity contribution in [2.24, 2.45) is 5.73 Å². The average molecular weight is 287 g/mol. The molecule has 1 rings (SSSR count). The highest BCUT2D eigenvalue weighted by atomic mass is 35.5. The zero-order chi connectivity index (χ0) is 13.4. The lowest BCUT2D eigenvalue weighted by Gasteiger charge is -2.11. The van der Waals surface area contributed by atoms with Gasteiger partial charge < -0.3 is 15.8 Å². The van der Waals surface area contributed by atoms with Crippen LogP contribution in [0.1, 0.15) is 31.7 Å². The predicted molar refractivity (Wildman–Crippen MR) is 81.1 cm³/mol. The molecule has 0 aromatic heterocycles. The van der Waals surface area contributed by atoms with Gasteiger partial charge in [0.15, 0.2) is 0 Å². The van der Waals surface area contributed by atoms with Gasteiger partial charge in [0.05, 0.1) is 6.61 Å². The highest BCUT2D eigenvalue weighted by Crippen LogP contribution is 2.21. The minimum Gasteiger partial charge on any atom is -0.494 e. The summed E-state index contributed by atoms with van der Waals surface area (Å²) in [6.45, 7) is 5.27. The Morgan fingerprint density at radius 3 is 2.74 bits per heavy atom. The molecule has 0 aliphatic rings. The van der Waals surface area contributed by atoms with E-state index in [1.165, 1.54) is 0 Å². The summed E-state index contributed by atoms with van der Waals surface area (Å²) < 4.78 is 5.53. The number of carbonyl (C=O) groups is 1. The van der Waals surface area contributed by atoms with E-state index in [0.29, 0.717) is 26.0 Å². The van der Waals surface area contributed by atoms with Gasteiger partial charge in [-0.15, -0.1) is 12.4 Å². The Morgan fingerprint density at radius 1 is 1.42 bits per heavy atom. The molecule has 1 aromatic rings. The normalized spacial score (nSPS) is 9.63. The van der Waals surface area contributed by atoms with E-state index in [4.69, 9.17) is 10.5 Å². The van der Waals surface area contributed by atoms with Crippen LogP contribution in [0.15, 0.2) is 18.2 Å². The van der Waals surface area contributed by atoms with Crippen molar-refractivity contribution in [1.29, 1.82) is 0 Å². The molecule has 0 aliphatic carbocycles. The molecule has 5 heteroatoms. The number of halogens is 1. The van der Waals surface area contributed by atoms with E-state index in [-0.39, 0.29) is 18.3 Å². The number of nitrogens with two attached hydrogens (primary N) is 1. The van der Waals surface area contributed by atoms with Gasteiger partial charge in [-0.3, -0.25) is 4.79 Å². The molecule has 19 heavy (non-hydrogen) atoms. The number of hydrogen-bond donors (Lipinski definition) is 2. The Morgan fingerprint density at radius 2 is 2.16 bits per heavy atom. The van der Waals surface area contributed by atoms with Gasteiger partial charge in [0.2, 0.25) is 5.91 Å². The lowest BCUT2D eigenvalue weighted by Crippen LogP contribution is -2.14. The van der Waals surface area contributed by atoms with Gasteiger partial charge >= 0.3 is 0 Å². The second-order valence-electron chi connectivity index (χ2n) is 4.27. The van der Waals surface area contributed by atoms with E-state index in [2.05, 4.69) is 12.2 Å². The van der Waals surface area contributed by atoms with E-state index < -0.39 is 0 Å². The van der Waals surface area contributed by atoms with Gasteiger partial charge in [-0.25, -0.2) is 0 Å². The molecule has 1 aromatic carbocycles. The number of amides is 1. The summed E-state index contributed by atoms with van der Waals surface area (Å²) in [6, 6.07) is 5.69. The van der Waals surface area contributed by atoms with E-state index in [9.17, 15) is 4.79 Å². The molecule has 4 nitrogen and oxygen atoms in total. The molecule has 3 N–H and O–H groups in total. The summed E-state index contributed by atoms with van der Waals surface area (Å²) in [6.07, 6.45) is 2.16. The van der Waals surface area contributed by atoms with Gasteiger partial charge in [-0.2, -0.15) is 0 Å². The van der Waals surface area contributed by atoms with Crippen molar-refractivity contribution in [1.82, 2.24) is 0 Å². The van der Waals surface area contributed by atoms with Gasteiger partial charge in [0, 0.05) is 12.1 Å². The summed E-state index contributed by atoms with van der Waals surface area (Å²) in [5.74, 6) is 0.847. The number of anilines is 1. The average Bonchev–Trinajstić information content (AvgIpc) is 2.36. The first-order valence-electron chi connectivity index (χ1n) is 6.40. The molecule has 0 radical (unpaired) electrons. The Labute approximate surface area is 121 Å². The number of ether oxygens (including phenoxy) is 1. The van der Waals surface area contributed by atoms with Crippen molar-refractivity contribution in [3.05, 3.63) is 23.8 Å². The first-order valence-corrected chi connectivity index (χ1v) is 6.40. The van der Waals surface area contributed by atoms with E-state index in [0.717, 1.165) is 23.4 Å². The number of nitrogens with one attached hydrogen (secondary N) is 1. The molecule has 0 atom stereocenters. The van der Waals surface area contributed by atoms with Gasteiger partial charge in [0.25, 0.3) is 0 Å². The molecule has 0 bridgehead atoms. The lowest BCUT2D eigenvalue weighted by atomic mass is 10.2. The fraction of sp³-hybridized carbons (Fsp3) is 0.500. The van der Waals surface area contributed by atoms with Crippen molar-refractivity contribution >= 4 is 24.0 Å². The third kappa shape index (κ3) is 6.45. The zero-order valence-electron chi connectivity index (χ0n) is 11.6. The molecule has 0 saturated heterocycles. The monoisotopic (exact) mass is 286 g/mol. The second kappa shape index (κ2) is 9.64. The van der Waals surface area contributed by atoms with Gasteiger partial charge in [0.1, 0.15) is 5.75 Å². The van der Waals surface area contributed by atoms with Crippen LogP contribution < -0.4 is 15.8 Å². The lowest BCUT2D eigenvalue weighted by molar-refractivity contribution is -0.116. The largest absolute Gasteiger partial charge is 0.494 e. The Balaban J connectivity index is 0.00000324. The highest BCUT2D eigenvalue weighted by Gasteiger charge is 2.05. The van der Waals surface area contributed by atoms with Crippen molar-refractivity contribution < 1.29 is 9.53 Å². The van der Waals surface area contributed by atoms with Crippen molar-refractivity contribution in [2.45, 2.75) is 33.1 Å². The van der Waals surface area contributed by atoms with E-state index >= 15 is 0 Å². The quantitative estimate of drug-likeness (QED) is 0.810. The topological polar surface area (TPSA) is 64.3 Å². The maximum absolute atomic E-state index is 11.6. The van der Waals surface area contributed by atoms with Crippen LogP contribution in [0.2, 0.25) is 0 Å². The van der Waals surface area contributed by atoms with Crippen LogP contribution >= 0.6 is 12.4 Å². The standard InChI is InChI=1S/C14H22N2O2.ClH/c1-3-9-18-12-6-7-13(11(2)10-12)16-14(17)5-4-8-15;/h6-7,10H,3-5,8-9,15H2,1-2H3,(H,16,17);1H. The zero-order valence-corrected chi connectivity index (χ0v) is 12.4. The molecular formula is C14H23ClN2O2. The smallest absolute Gasteiger partial charge is 0.224 e. The Hall–Kier alpha value is -1.26. The van der Waals surface area contributed by atoms with Crippen molar-refractivity contribution in [3.63, 3.8) is 0 Å². The van der Waals surface area contributed by atoms with Crippen LogP contribution in [0, 0.1) is 6.92 Å². The van der Waals surface area contributed by atoms with E-state index in [1.807, 2.05) is 25.1 Å². The van der Waals surface area contributed by atoms with Gasteiger partial charge in [-0.05, 0) is 50.1 Å². The molecule has 0 heterocycles. The molecule has 0 fully saturated rings. The molecular weight excluding hydrogens is 264 g/mol. The SMILES string of the molecule is CCCOc1ccc(NC(=O)CCCN)c(C)c1.Cl. The number of hydrogen-bond acceptors (Lipinski definition) is 3. The van der Waals surface area contributed by atoms with Crippen molar-refractivity contribution in [3.8, 4) is 5.75 Å². The first-order chi connectivity index (χ1) is 8.67. The fourth-order valence-corrected chi connectivity index (χ4v) is 1.56. The summed E-state index contributed by atoms with van der Waals surface area (Å²) in [5.41, 5.74) is 7.21.